The zero-order valence-corrected chi connectivity index (χ0v) is 17.1. The second-order valence-corrected chi connectivity index (χ2v) is 7.00. The number of hydrogen-bond acceptors (Lipinski definition) is 5. The molecule has 2 aromatic rings. The molecule has 10 heteroatoms. The highest BCUT2D eigenvalue weighted by Crippen LogP contribution is 2.27. The number of primary amides is 1. The van der Waals surface area contributed by atoms with Crippen LogP contribution in [0.2, 0.25) is 0 Å². The number of anilines is 1. The first-order valence-corrected chi connectivity index (χ1v) is 9.11. The third kappa shape index (κ3) is 4.50. The predicted molar refractivity (Wildman–Crippen MR) is 107 cm³/mol. The summed E-state index contributed by atoms with van der Waals surface area (Å²) in [5, 5.41) is 24.5. The average molecular weight is 420 g/mol. The first kappa shape index (κ1) is 23.0. The molecular formula is C20H25FN4O5. The van der Waals surface area contributed by atoms with Crippen molar-refractivity contribution in [3.8, 4) is 0 Å². The molecule has 9 nitrogen and oxygen atoms in total. The number of nitrogens with zero attached hydrogens (tertiary/aromatic N) is 1. The lowest BCUT2D eigenvalue weighted by Crippen LogP contribution is -2.48. The van der Waals surface area contributed by atoms with Crippen molar-refractivity contribution < 1.29 is 29.0 Å². The zero-order valence-electron chi connectivity index (χ0n) is 17.1. The van der Waals surface area contributed by atoms with Crippen molar-refractivity contribution >= 4 is 23.4 Å². The second kappa shape index (κ2) is 9.06. The van der Waals surface area contributed by atoms with Crippen molar-refractivity contribution in [1.29, 1.82) is 0 Å². The number of carbonyl (C=O) groups excluding carboxylic acids is 3. The molecule has 0 spiro atoms. The summed E-state index contributed by atoms with van der Waals surface area (Å²) in [5.41, 5.74) is 7.08. The maximum Gasteiger partial charge on any atom is 0.257 e. The van der Waals surface area contributed by atoms with Gasteiger partial charge in [-0.25, -0.2) is 4.39 Å². The van der Waals surface area contributed by atoms with E-state index < -0.39 is 42.3 Å². The molecule has 2 rings (SSSR count). The topological polar surface area (TPSA) is 147 Å². The highest BCUT2D eigenvalue weighted by atomic mass is 19.1. The summed E-state index contributed by atoms with van der Waals surface area (Å²) in [6.07, 6.45) is -1.71. The summed E-state index contributed by atoms with van der Waals surface area (Å²) >= 11 is 0. The van der Waals surface area contributed by atoms with Gasteiger partial charge in [0, 0.05) is 18.4 Å². The molecule has 1 heterocycles. The fourth-order valence-corrected chi connectivity index (χ4v) is 3.22. The first-order valence-electron chi connectivity index (χ1n) is 9.11. The van der Waals surface area contributed by atoms with Gasteiger partial charge in [0.2, 0.25) is 5.91 Å². The number of aliphatic hydroxyl groups excluding tert-OH is 2. The van der Waals surface area contributed by atoms with Gasteiger partial charge < -0.3 is 31.1 Å². The average Bonchev–Trinajstić information content (AvgIpc) is 2.90. The van der Waals surface area contributed by atoms with Crippen LogP contribution in [0.5, 0.6) is 0 Å². The molecule has 0 saturated heterocycles. The third-order valence-electron chi connectivity index (χ3n) is 4.98. The molecule has 6 N–H and O–H groups in total. The van der Waals surface area contributed by atoms with E-state index in [-0.39, 0.29) is 11.3 Å². The Morgan fingerprint density at radius 3 is 2.40 bits per heavy atom. The summed E-state index contributed by atoms with van der Waals surface area (Å²) in [6, 6.07) is 2.81. The molecule has 0 aliphatic rings. The van der Waals surface area contributed by atoms with Gasteiger partial charge in [0.05, 0.1) is 17.9 Å². The Bertz CT molecular complexity index is 1000. The van der Waals surface area contributed by atoms with E-state index in [1.54, 1.807) is 27.8 Å². The molecular weight excluding hydrogens is 395 g/mol. The zero-order chi connectivity index (χ0) is 22.7. The molecule has 1 unspecified atom stereocenters. The summed E-state index contributed by atoms with van der Waals surface area (Å²) in [4.78, 5) is 36.4. The van der Waals surface area contributed by atoms with Crippen LogP contribution in [0, 0.1) is 26.6 Å². The van der Waals surface area contributed by atoms with E-state index in [0.717, 1.165) is 0 Å². The van der Waals surface area contributed by atoms with Gasteiger partial charge in [-0.1, -0.05) is 0 Å². The molecule has 0 aliphatic heterocycles. The van der Waals surface area contributed by atoms with E-state index >= 15 is 0 Å². The number of carbonyl (C=O) groups is 3. The number of aliphatic hydroxyl groups is 2. The van der Waals surface area contributed by atoms with Crippen LogP contribution in [-0.4, -0.2) is 45.2 Å². The van der Waals surface area contributed by atoms with Crippen LogP contribution in [0.3, 0.4) is 0 Å². The number of benzene rings is 1. The Morgan fingerprint density at radius 2 is 1.87 bits per heavy atom. The summed E-state index contributed by atoms with van der Waals surface area (Å²) < 4.78 is 14.9. The van der Waals surface area contributed by atoms with Crippen LogP contribution in [0.4, 0.5) is 10.1 Å². The highest BCUT2D eigenvalue weighted by Gasteiger charge is 2.30. The quantitative estimate of drug-likeness (QED) is 0.438. The molecule has 30 heavy (non-hydrogen) atoms. The van der Waals surface area contributed by atoms with Gasteiger partial charge in [-0.3, -0.25) is 14.4 Å². The van der Waals surface area contributed by atoms with Gasteiger partial charge in [-0.05, 0) is 50.1 Å². The predicted octanol–water partition coefficient (Wildman–Crippen LogP) is 0.338. The van der Waals surface area contributed by atoms with Crippen LogP contribution >= 0.6 is 0 Å². The summed E-state index contributed by atoms with van der Waals surface area (Å²) in [5.74, 6) is -2.78. The molecule has 1 aromatic heterocycles. The number of rotatable bonds is 7. The van der Waals surface area contributed by atoms with Crippen molar-refractivity contribution in [3.63, 3.8) is 0 Å². The Labute approximate surface area is 172 Å². The van der Waals surface area contributed by atoms with Crippen molar-refractivity contribution in [2.45, 2.75) is 32.9 Å². The smallest absolute Gasteiger partial charge is 0.257 e. The number of aromatic nitrogens is 1. The van der Waals surface area contributed by atoms with Gasteiger partial charge in [0.15, 0.2) is 6.10 Å². The number of nitrogens with one attached hydrogen (secondary N) is 2. The van der Waals surface area contributed by atoms with Crippen LogP contribution in [0.15, 0.2) is 18.2 Å². The molecule has 1 aromatic carbocycles. The number of nitrogens with two attached hydrogens (primary N) is 1. The van der Waals surface area contributed by atoms with Gasteiger partial charge in [-0.15, -0.1) is 0 Å². The maximum atomic E-state index is 13.4. The van der Waals surface area contributed by atoms with E-state index in [9.17, 15) is 23.9 Å². The van der Waals surface area contributed by atoms with Gasteiger partial charge in [0.1, 0.15) is 11.9 Å². The van der Waals surface area contributed by atoms with Gasteiger partial charge in [-0.2, -0.15) is 0 Å². The van der Waals surface area contributed by atoms with Crippen molar-refractivity contribution in [3.05, 3.63) is 52.1 Å². The van der Waals surface area contributed by atoms with Gasteiger partial charge >= 0.3 is 0 Å². The number of hydrogen-bond donors (Lipinski definition) is 5. The fraction of sp³-hybridized carbons (Fsp3) is 0.350. The third-order valence-corrected chi connectivity index (χ3v) is 4.98. The molecule has 0 fully saturated rings. The standard InChI is InChI=1S/C20H25FN4O5/c1-9-7-12(5-6-13(9)21)23-19(29)15-10(2)16(25(4)11(15)3)17(27)20(30)24-14(8-26)18(22)28/h5-7,14,17,26-27H,8H2,1-4H3,(H2,22,28)(H,23,29)(H,24,30)/t14-,17?/m0/s1. The van der Waals surface area contributed by atoms with Crippen LogP contribution in [0.1, 0.15) is 39.0 Å². The Kier molecular flexibility index (Phi) is 6.96. The second-order valence-electron chi connectivity index (χ2n) is 7.00. The van der Waals surface area contributed by atoms with E-state index in [1.807, 2.05) is 0 Å². The van der Waals surface area contributed by atoms with Crippen molar-refractivity contribution in [2.75, 3.05) is 11.9 Å². The minimum Gasteiger partial charge on any atom is -0.394 e. The van der Waals surface area contributed by atoms with E-state index in [2.05, 4.69) is 10.6 Å². The molecule has 162 valence electrons. The molecule has 0 radical (unpaired) electrons. The minimum atomic E-state index is -1.71. The molecule has 0 aliphatic carbocycles. The Balaban J connectivity index is 2.33. The Hall–Kier alpha value is -3.24. The highest BCUT2D eigenvalue weighted by molar-refractivity contribution is 6.06. The van der Waals surface area contributed by atoms with Crippen LogP contribution in [0.25, 0.3) is 0 Å². The molecule has 2 atom stereocenters. The maximum absolute atomic E-state index is 13.4. The monoisotopic (exact) mass is 420 g/mol. The number of amides is 3. The fourth-order valence-electron chi connectivity index (χ4n) is 3.22. The van der Waals surface area contributed by atoms with Crippen molar-refractivity contribution in [2.24, 2.45) is 12.8 Å². The molecule has 3 amide bonds. The van der Waals surface area contributed by atoms with E-state index in [4.69, 9.17) is 10.8 Å². The van der Waals surface area contributed by atoms with Crippen molar-refractivity contribution in [1.82, 2.24) is 9.88 Å². The lowest BCUT2D eigenvalue weighted by Gasteiger charge is -2.17. The minimum absolute atomic E-state index is 0.145. The van der Waals surface area contributed by atoms with Gasteiger partial charge in [0.25, 0.3) is 11.8 Å². The van der Waals surface area contributed by atoms with E-state index in [0.29, 0.717) is 22.5 Å². The lowest BCUT2D eigenvalue weighted by atomic mass is 10.1. The van der Waals surface area contributed by atoms with Crippen LogP contribution in [-0.2, 0) is 16.6 Å². The Morgan fingerprint density at radius 1 is 1.23 bits per heavy atom. The van der Waals surface area contributed by atoms with E-state index in [1.165, 1.54) is 22.8 Å². The molecule has 0 saturated carbocycles. The first-order chi connectivity index (χ1) is 14.0. The number of aryl methyl sites for hydroxylation is 1. The summed E-state index contributed by atoms with van der Waals surface area (Å²) in [6.45, 7) is 4.07. The molecule has 0 bridgehead atoms. The number of halogens is 1. The van der Waals surface area contributed by atoms with Crippen LogP contribution < -0.4 is 16.4 Å². The summed E-state index contributed by atoms with van der Waals surface area (Å²) in [7, 11) is 1.57. The normalized spacial score (nSPS) is 12.9. The lowest BCUT2D eigenvalue weighted by molar-refractivity contribution is -0.134. The largest absolute Gasteiger partial charge is 0.394 e. The SMILES string of the molecule is Cc1cc(NC(=O)c2c(C)c(C(O)C(=O)N[C@@H](CO)C(N)=O)n(C)c2C)ccc1F.